The molecule has 3 rings (SSSR count). The third-order valence-corrected chi connectivity index (χ3v) is 3.35. The summed E-state index contributed by atoms with van der Waals surface area (Å²) in [4.78, 5) is 12.0. The third kappa shape index (κ3) is 2.15. The average Bonchev–Trinajstić information content (AvgIpc) is 2.41. The summed E-state index contributed by atoms with van der Waals surface area (Å²) in [5, 5.41) is 10.4. The number of benzene rings is 2. The maximum atomic E-state index is 12.0. The molecular formula is C15H9BrO3. The number of phenolic OH excluding ortho intramolecular Hbond substituents is 1. The molecule has 0 radical (unpaired) electrons. The Bertz CT molecular complexity index is 821. The lowest BCUT2D eigenvalue weighted by Gasteiger charge is -2.05. The Balaban J connectivity index is 2.31. The van der Waals surface area contributed by atoms with E-state index in [4.69, 9.17) is 4.42 Å². The zero-order chi connectivity index (χ0) is 13.4. The monoisotopic (exact) mass is 316 g/mol. The Kier molecular flexibility index (Phi) is 2.87. The summed E-state index contributed by atoms with van der Waals surface area (Å²) in [7, 11) is 0. The van der Waals surface area contributed by atoms with E-state index in [0.717, 1.165) is 4.47 Å². The molecule has 0 fully saturated rings. The molecular weight excluding hydrogens is 308 g/mol. The van der Waals surface area contributed by atoms with Gasteiger partial charge in [-0.2, -0.15) is 0 Å². The Morgan fingerprint density at radius 1 is 1.05 bits per heavy atom. The first-order valence-corrected chi connectivity index (χ1v) is 6.46. The molecule has 2 aromatic carbocycles. The molecule has 1 heterocycles. The molecule has 0 spiro atoms. The summed E-state index contributed by atoms with van der Waals surface area (Å²) in [6.45, 7) is 0. The summed E-state index contributed by atoms with van der Waals surface area (Å²) < 4.78 is 6.49. The topological polar surface area (TPSA) is 50.4 Å². The van der Waals surface area contributed by atoms with Crippen LogP contribution in [0.15, 0.2) is 62.2 Å². The van der Waals surface area contributed by atoms with Gasteiger partial charge < -0.3 is 9.52 Å². The van der Waals surface area contributed by atoms with Gasteiger partial charge in [0.1, 0.15) is 17.1 Å². The lowest BCUT2D eigenvalue weighted by atomic mass is 10.1. The van der Waals surface area contributed by atoms with Crippen LogP contribution in [0.4, 0.5) is 0 Å². The molecule has 0 atom stereocenters. The molecule has 3 aromatic rings. The van der Waals surface area contributed by atoms with E-state index in [9.17, 15) is 9.90 Å². The van der Waals surface area contributed by atoms with Crippen molar-refractivity contribution in [2.24, 2.45) is 0 Å². The molecule has 1 aromatic heterocycles. The van der Waals surface area contributed by atoms with E-state index in [0.29, 0.717) is 22.3 Å². The molecule has 0 aliphatic carbocycles. The van der Waals surface area contributed by atoms with Crippen molar-refractivity contribution in [3.05, 3.63) is 63.2 Å². The summed E-state index contributed by atoms with van der Waals surface area (Å²) in [5.41, 5.74) is 0.859. The molecule has 0 amide bonds. The van der Waals surface area contributed by atoms with Crippen LogP contribution < -0.4 is 5.43 Å². The van der Waals surface area contributed by atoms with E-state index in [1.807, 2.05) is 0 Å². The second-order valence-corrected chi connectivity index (χ2v) is 5.05. The van der Waals surface area contributed by atoms with Crippen LogP contribution in [0.5, 0.6) is 5.75 Å². The lowest BCUT2D eigenvalue weighted by Crippen LogP contribution is -1.99. The second-order valence-electron chi connectivity index (χ2n) is 4.13. The van der Waals surface area contributed by atoms with Crippen molar-refractivity contribution in [1.29, 1.82) is 0 Å². The van der Waals surface area contributed by atoms with Crippen LogP contribution in [0.3, 0.4) is 0 Å². The molecule has 3 nitrogen and oxygen atoms in total. The summed E-state index contributed by atoms with van der Waals surface area (Å²) in [6, 6.07) is 13.4. The van der Waals surface area contributed by atoms with Crippen molar-refractivity contribution in [2.75, 3.05) is 0 Å². The average molecular weight is 317 g/mol. The number of halogens is 1. The van der Waals surface area contributed by atoms with Crippen LogP contribution in [0.25, 0.3) is 22.3 Å². The molecule has 94 valence electrons. The minimum atomic E-state index is -0.128. The minimum absolute atomic E-state index is 0.0710. The SMILES string of the molecule is O=c1cc(-c2cc(Br)ccc2O)oc2ccccc12. The van der Waals surface area contributed by atoms with Crippen LogP contribution in [-0.2, 0) is 0 Å². The zero-order valence-corrected chi connectivity index (χ0v) is 11.3. The van der Waals surface area contributed by atoms with Crippen molar-refractivity contribution in [3.63, 3.8) is 0 Å². The third-order valence-electron chi connectivity index (χ3n) is 2.86. The molecule has 0 bridgehead atoms. The lowest BCUT2D eigenvalue weighted by molar-refractivity contribution is 0.474. The minimum Gasteiger partial charge on any atom is -0.507 e. The number of hydrogen-bond donors (Lipinski definition) is 1. The first kappa shape index (κ1) is 12.0. The standard InChI is InChI=1S/C15H9BrO3/c16-9-5-6-12(17)11(7-9)15-8-13(18)10-3-1-2-4-14(10)19-15/h1-8,17H. The van der Waals surface area contributed by atoms with Gasteiger partial charge in [-0.3, -0.25) is 4.79 Å². The fraction of sp³-hybridized carbons (Fsp3) is 0. The van der Waals surface area contributed by atoms with Crippen molar-refractivity contribution in [3.8, 4) is 17.1 Å². The van der Waals surface area contributed by atoms with Gasteiger partial charge in [-0.05, 0) is 30.3 Å². The summed E-state index contributed by atoms with van der Waals surface area (Å²) in [5.74, 6) is 0.420. The first-order valence-electron chi connectivity index (χ1n) is 5.67. The highest BCUT2D eigenvalue weighted by Gasteiger charge is 2.10. The van der Waals surface area contributed by atoms with Crippen LogP contribution in [-0.4, -0.2) is 5.11 Å². The largest absolute Gasteiger partial charge is 0.507 e. The number of phenols is 1. The predicted octanol–water partition coefficient (Wildman–Crippen LogP) is 3.93. The molecule has 0 unspecified atom stereocenters. The second kappa shape index (κ2) is 4.55. The number of hydrogen-bond acceptors (Lipinski definition) is 3. The molecule has 1 N–H and O–H groups in total. The zero-order valence-electron chi connectivity index (χ0n) is 9.76. The fourth-order valence-corrected chi connectivity index (χ4v) is 2.30. The molecule has 0 aliphatic rings. The van der Waals surface area contributed by atoms with E-state index in [2.05, 4.69) is 15.9 Å². The Morgan fingerprint density at radius 3 is 2.68 bits per heavy atom. The molecule has 0 aliphatic heterocycles. The molecule has 4 heteroatoms. The van der Waals surface area contributed by atoms with Gasteiger partial charge in [-0.25, -0.2) is 0 Å². The highest BCUT2D eigenvalue weighted by atomic mass is 79.9. The summed E-state index contributed by atoms with van der Waals surface area (Å²) in [6.07, 6.45) is 0. The predicted molar refractivity (Wildman–Crippen MR) is 77.3 cm³/mol. The highest BCUT2D eigenvalue weighted by molar-refractivity contribution is 9.10. The maximum Gasteiger partial charge on any atom is 0.193 e. The van der Waals surface area contributed by atoms with Crippen molar-refractivity contribution in [1.82, 2.24) is 0 Å². The van der Waals surface area contributed by atoms with Gasteiger partial charge in [0.2, 0.25) is 0 Å². The quantitative estimate of drug-likeness (QED) is 0.740. The first-order chi connectivity index (χ1) is 9.15. The van der Waals surface area contributed by atoms with Crippen molar-refractivity contribution in [2.45, 2.75) is 0 Å². The van der Waals surface area contributed by atoms with Crippen LogP contribution in [0.1, 0.15) is 0 Å². The van der Waals surface area contributed by atoms with E-state index in [1.165, 1.54) is 6.07 Å². The highest BCUT2D eigenvalue weighted by Crippen LogP contribution is 2.32. The van der Waals surface area contributed by atoms with Crippen LogP contribution >= 0.6 is 15.9 Å². The number of fused-ring (bicyclic) bond motifs is 1. The van der Waals surface area contributed by atoms with Crippen molar-refractivity contribution >= 4 is 26.9 Å². The van der Waals surface area contributed by atoms with E-state index in [-0.39, 0.29) is 11.2 Å². The van der Waals surface area contributed by atoms with Gasteiger partial charge in [-0.15, -0.1) is 0 Å². The van der Waals surface area contributed by atoms with Crippen LogP contribution in [0, 0.1) is 0 Å². The molecule has 0 saturated heterocycles. The smallest absolute Gasteiger partial charge is 0.193 e. The van der Waals surface area contributed by atoms with Gasteiger partial charge in [0.05, 0.1) is 10.9 Å². The van der Waals surface area contributed by atoms with Gasteiger partial charge in [0.15, 0.2) is 5.43 Å². The van der Waals surface area contributed by atoms with Gasteiger partial charge >= 0.3 is 0 Å². The van der Waals surface area contributed by atoms with Crippen molar-refractivity contribution < 1.29 is 9.52 Å². The van der Waals surface area contributed by atoms with Crippen LogP contribution in [0.2, 0.25) is 0 Å². The van der Waals surface area contributed by atoms with Gasteiger partial charge in [0.25, 0.3) is 0 Å². The van der Waals surface area contributed by atoms with Gasteiger partial charge in [-0.1, -0.05) is 28.1 Å². The number of aromatic hydroxyl groups is 1. The van der Waals surface area contributed by atoms with E-state index < -0.39 is 0 Å². The number of para-hydroxylation sites is 1. The Morgan fingerprint density at radius 2 is 1.84 bits per heavy atom. The Labute approximate surface area is 117 Å². The van der Waals surface area contributed by atoms with Gasteiger partial charge in [0, 0.05) is 10.5 Å². The molecule has 19 heavy (non-hydrogen) atoms. The van der Waals surface area contributed by atoms with E-state index in [1.54, 1.807) is 42.5 Å². The fourth-order valence-electron chi connectivity index (χ4n) is 1.94. The Hall–Kier alpha value is -2.07. The number of rotatable bonds is 1. The normalized spacial score (nSPS) is 10.8. The molecule has 0 saturated carbocycles. The maximum absolute atomic E-state index is 12.0. The van der Waals surface area contributed by atoms with E-state index >= 15 is 0 Å². The summed E-state index contributed by atoms with van der Waals surface area (Å²) >= 11 is 3.33.